The molecule has 1 saturated carbocycles. The number of halogens is 3. The molecule has 1 amide bonds. The Balaban J connectivity index is 0.00000126. The van der Waals surface area contributed by atoms with E-state index in [1.54, 1.807) is 6.07 Å². The molecule has 1 fully saturated rings. The highest BCUT2D eigenvalue weighted by atomic mass is 19.4. The molecule has 1 aromatic carbocycles. The number of hydrogen-bond donors (Lipinski definition) is 3. The van der Waals surface area contributed by atoms with Crippen LogP contribution >= 0.6 is 0 Å². The van der Waals surface area contributed by atoms with Crippen LogP contribution in [0.3, 0.4) is 0 Å². The number of nitrogens with one attached hydrogen (secondary N) is 2. The lowest BCUT2D eigenvalue weighted by Gasteiger charge is -2.44. The van der Waals surface area contributed by atoms with Gasteiger partial charge in [0.2, 0.25) is 5.95 Å². The fourth-order valence-electron chi connectivity index (χ4n) is 2.95. The van der Waals surface area contributed by atoms with Gasteiger partial charge in [-0.15, -0.1) is 0 Å². The average molecular weight is 381 g/mol. The molecule has 0 radical (unpaired) electrons. The van der Waals surface area contributed by atoms with Crippen molar-refractivity contribution in [2.24, 2.45) is 5.84 Å². The Labute approximate surface area is 155 Å². The molecule has 1 aliphatic rings. The molecule has 2 aromatic rings. The molecule has 4 N–H and O–H groups in total. The van der Waals surface area contributed by atoms with E-state index in [1.807, 2.05) is 19.3 Å². The third kappa shape index (κ3) is 4.36. The summed E-state index contributed by atoms with van der Waals surface area (Å²) < 4.78 is 40.0. The molecule has 9 heteroatoms. The number of nitrogens with zero attached hydrogens (tertiary/aromatic N) is 2. The number of aromatic nitrogens is 2. The summed E-state index contributed by atoms with van der Waals surface area (Å²) in [4.78, 5) is 19.4. The maximum absolute atomic E-state index is 13.3. The topological polar surface area (TPSA) is 92.9 Å². The first-order chi connectivity index (χ1) is 12.9. The number of hydrogen-bond acceptors (Lipinski definition) is 5. The molecule has 27 heavy (non-hydrogen) atoms. The first-order valence-electron chi connectivity index (χ1n) is 8.64. The Hall–Kier alpha value is -2.68. The van der Waals surface area contributed by atoms with Crippen molar-refractivity contribution < 1.29 is 18.0 Å². The molecule has 1 aliphatic carbocycles. The molecule has 0 bridgehead atoms. The molecule has 0 atom stereocenters. The van der Waals surface area contributed by atoms with Crippen molar-refractivity contribution in [3.05, 3.63) is 53.3 Å². The molecule has 0 aliphatic heterocycles. The van der Waals surface area contributed by atoms with Crippen LogP contribution in [0.15, 0.2) is 36.7 Å². The van der Waals surface area contributed by atoms with E-state index in [-0.39, 0.29) is 17.1 Å². The number of anilines is 1. The van der Waals surface area contributed by atoms with Gasteiger partial charge in [-0.3, -0.25) is 10.2 Å². The number of nitrogens with two attached hydrogens (primary N) is 1. The van der Waals surface area contributed by atoms with E-state index in [0.29, 0.717) is 12.8 Å². The molecular formula is C18H22F3N5O. The standard InChI is InChI=1S/C16H16F3N5O.C2H6/c17-16(18,19)12-5-2-1-4-11(12)15(6-3-7-15)23-14-21-8-10(9-22-14)13(25)24-20;1-2/h1-2,4-5,8-9H,3,6-7,20H2,(H,24,25)(H,21,22,23);1-2H3. The van der Waals surface area contributed by atoms with Crippen molar-refractivity contribution in [3.8, 4) is 0 Å². The Morgan fingerprint density at radius 1 is 1.15 bits per heavy atom. The van der Waals surface area contributed by atoms with Gasteiger partial charge >= 0.3 is 6.18 Å². The molecule has 3 rings (SSSR count). The number of benzene rings is 1. The first-order valence-corrected chi connectivity index (χ1v) is 8.64. The van der Waals surface area contributed by atoms with Gasteiger partial charge in [-0.2, -0.15) is 13.2 Å². The van der Waals surface area contributed by atoms with Crippen molar-refractivity contribution >= 4 is 11.9 Å². The number of rotatable bonds is 4. The Kier molecular flexibility index (Phi) is 6.37. The third-order valence-corrected chi connectivity index (χ3v) is 4.35. The Bertz CT molecular complexity index is 773. The summed E-state index contributed by atoms with van der Waals surface area (Å²) >= 11 is 0. The van der Waals surface area contributed by atoms with E-state index in [0.717, 1.165) is 12.5 Å². The summed E-state index contributed by atoms with van der Waals surface area (Å²) in [7, 11) is 0. The summed E-state index contributed by atoms with van der Waals surface area (Å²) in [5.41, 5.74) is 0.760. The average Bonchev–Trinajstić information content (AvgIpc) is 2.65. The molecule has 1 heterocycles. The number of hydrazine groups is 1. The SMILES string of the molecule is CC.NNC(=O)c1cnc(NC2(c3ccccc3C(F)(F)F)CCC2)nc1. The fourth-order valence-corrected chi connectivity index (χ4v) is 2.95. The molecule has 146 valence electrons. The lowest BCUT2D eigenvalue weighted by molar-refractivity contribution is -0.139. The lowest BCUT2D eigenvalue weighted by Crippen LogP contribution is -2.44. The van der Waals surface area contributed by atoms with Gasteiger partial charge in [0, 0.05) is 12.4 Å². The summed E-state index contributed by atoms with van der Waals surface area (Å²) in [6.45, 7) is 4.00. The number of alkyl halides is 3. The first kappa shape index (κ1) is 20.6. The molecule has 0 saturated heterocycles. The van der Waals surface area contributed by atoms with E-state index >= 15 is 0 Å². The zero-order valence-corrected chi connectivity index (χ0v) is 15.1. The van der Waals surface area contributed by atoms with Crippen molar-refractivity contribution in [3.63, 3.8) is 0 Å². The molecule has 0 spiro atoms. The zero-order valence-electron chi connectivity index (χ0n) is 15.1. The quantitative estimate of drug-likeness (QED) is 0.427. The predicted molar refractivity (Wildman–Crippen MR) is 95.6 cm³/mol. The maximum atomic E-state index is 13.3. The van der Waals surface area contributed by atoms with Gasteiger partial charge in [0.05, 0.1) is 16.7 Å². The normalized spacial score (nSPS) is 15.0. The number of carbonyl (C=O) groups excluding carboxylic acids is 1. The lowest BCUT2D eigenvalue weighted by atomic mass is 9.70. The minimum Gasteiger partial charge on any atom is -0.345 e. The molecule has 6 nitrogen and oxygen atoms in total. The zero-order chi connectivity index (χ0) is 20.1. The summed E-state index contributed by atoms with van der Waals surface area (Å²) in [5, 5.41) is 3.02. The predicted octanol–water partition coefficient (Wildman–Crippen LogP) is 3.62. The van der Waals surface area contributed by atoms with Gasteiger partial charge in [0.15, 0.2) is 0 Å². The monoisotopic (exact) mass is 381 g/mol. The van der Waals surface area contributed by atoms with Gasteiger partial charge in [0.25, 0.3) is 5.91 Å². The van der Waals surface area contributed by atoms with Crippen LogP contribution in [0.5, 0.6) is 0 Å². The van der Waals surface area contributed by atoms with Crippen LogP contribution in [0, 0.1) is 0 Å². The minimum atomic E-state index is -4.44. The van der Waals surface area contributed by atoms with Gasteiger partial charge < -0.3 is 5.32 Å². The van der Waals surface area contributed by atoms with Gasteiger partial charge in [-0.05, 0) is 30.9 Å². The van der Waals surface area contributed by atoms with Gasteiger partial charge in [-0.1, -0.05) is 32.0 Å². The highest BCUT2D eigenvalue weighted by molar-refractivity contribution is 5.93. The number of carbonyl (C=O) groups is 1. The van der Waals surface area contributed by atoms with Gasteiger partial charge in [-0.25, -0.2) is 15.8 Å². The second-order valence-electron chi connectivity index (χ2n) is 5.87. The van der Waals surface area contributed by atoms with Crippen LogP contribution in [0.1, 0.15) is 54.6 Å². The number of amides is 1. The summed E-state index contributed by atoms with van der Waals surface area (Å²) in [6, 6.07) is 5.51. The van der Waals surface area contributed by atoms with Crippen molar-refractivity contribution in [2.45, 2.75) is 44.8 Å². The van der Waals surface area contributed by atoms with E-state index in [9.17, 15) is 18.0 Å². The Morgan fingerprint density at radius 3 is 2.22 bits per heavy atom. The third-order valence-electron chi connectivity index (χ3n) is 4.35. The smallest absolute Gasteiger partial charge is 0.345 e. The van der Waals surface area contributed by atoms with Crippen LogP contribution in [-0.2, 0) is 11.7 Å². The maximum Gasteiger partial charge on any atom is 0.416 e. The van der Waals surface area contributed by atoms with E-state index < -0.39 is 23.2 Å². The van der Waals surface area contributed by atoms with Crippen molar-refractivity contribution in [1.29, 1.82) is 0 Å². The van der Waals surface area contributed by atoms with Gasteiger partial charge in [0.1, 0.15) is 0 Å². The van der Waals surface area contributed by atoms with Crippen LogP contribution in [-0.4, -0.2) is 15.9 Å². The van der Waals surface area contributed by atoms with E-state index in [2.05, 4.69) is 15.3 Å². The second kappa shape index (κ2) is 8.34. The highest BCUT2D eigenvalue weighted by Gasteiger charge is 2.45. The van der Waals surface area contributed by atoms with E-state index in [1.165, 1.54) is 24.5 Å². The van der Waals surface area contributed by atoms with Crippen LogP contribution in [0.25, 0.3) is 0 Å². The molecule has 1 aromatic heterocycles. The Morgan fingerprint density at radius 2 is 1.74 bits per heavy atom. The van der Waals surface area contributed by atoms with Crippen LogP contribution in [0.2, 0.25) is 0 Å². The highest BCUT2D eigenvalue weighted by Crippen LogP contribution is 2.47. The molecule has 0 unspecified atom stereocenters. The summed E-state index contributed by atoms with van der Waals surface area (Å²) in [6.07, 6.45) is -0.0419. The largest absolute Gasteiger partial charge is 0.416 e. The van der Waals surface area contributed by atoms with Crippen LogP contribution in [0.4, 0.5) is 19.1 Å². The van der Waals surface area contributed by atoms with Crippen LogP contribution < -0.4 is 16.6 Å². The fraction of sp³-hybridized carbons (Fsp3) is 0.389. The van der Waals surface area contributed by atoms with Crippen molar-refractivity contribution in [1.82, 2.24) is 15.4 Å². The minimum absolute atomic E-state index is 0.158. The second-order valence-corrected chi connectivity index (χ2v) is 5.87. The number of nitrogen functional groups attached to an aromatic ring is 1. The van der Waals surface area contributed by atoms with E-state index in [4.69, 9.17) is 5.84 Å². The molecular weight excluding hydrogens is 359 g/mol. The van der Waals surface area contributed by atoms with Crippen molar-refractivity contribution in [2.75, 3.05) is 5.32 Å². The summed E-state index contributed by atoms with van der Waals surface area (Å²) in [5.74, 6) is 4.64.